The molecule has 5 heteroatoms. The highest BCUT2D eigenvalue weighted by Gasteiger charge is 2.17. The fraction of sp³-hybridized carbons (Fsp3) is 0.733. The monoisotopic (exact) mass is 278 g/mol. The normalized spacial score (nSPS) is 20.8. The van der Waals surface area contributed by atoms with Gasteiger partial charge in [-0.15, -0.1) is 0 Å². The molecule has 0 amide bonds. The molecule has 1 aliphatic rings. The van der Waals surface area contributed by atoms with Gasteiger partial charge in [0.2, 0.25) is 5.95 Å². The Morgan fingerprint density at radius 2 is 2.05 bits per heavy atom. The number of rotatable bonds is 3. The summed E-state index contributed by atoms with van der Waals surface area (Å²) in [6, 6.07) is 0. The number of aromatic nitrogens is 2. The van der Waals surface area contributed by atoms with Crippen LogP contribution in [0.25, 0.3) is 0 Å². The van der Waals surface area contributed by atoms with Crippen LogP contribution in [-0.2, 0) is 11.3 Å². The fourth-order valence-corrected chi connectivity index (χ4v) is 2.15. The van der Waals surface area contributed by atoms with E-state index < -0.39 is 0 Å². The minimum Gasteiger partial charge on any atom is -0.377 e. The summed E-state index contributed by atoms with van der Waals surface area (Å²) in [5.41, 5.74) is 1.22. The smallest absolute Gasteiger partial charge is 0.225 e. The van der Waals surface area contributed by atoms with Crippen molar-refractivity contribution in [3.63, 3.8) is 0 Å². The van der Waals surface area contributed by atoms with E-state index in [0.717, 1.165) is 44.2 Å². The summed E-state index contributed by atoms with van der Waals surface area (Å²) in [4.78, 5) is 11.2. The molecule has 0 aromatic carbocycles. The van der Waals surface area contributed by atoms with Gasteiger partial charge in [0.05, 0.1) is 6.10 Å². The molecule has 1 unspecified atom stereocenters. The van der Waals surface area contributed by atoms with Gasteiger partial charge in [-0.3, -0.25) is 0 Å². The number of nitrogens with one attached hydrogen (secondary N) is 1. The van der Waals surface area contributed by atoms with Crippen molar-refractivity contribution >= 4 is 5.95 Å². The average molecular weight is 278 g/mol. The molecule has 0 radical (unpaired) electrons. The van der Waals surface area contributed by atoms with E-state index >= 15 is 0 Å². The maximum absolute atomic E-state index is 5.65. The lowest BCUT2D eigenvalue weighted by atomic mass is 10.1. The van der Waals surface area contributed by atoms with Crippen molar-refractivity contribution in [2.24, 2.45) is 0 Å². The van der Waals surface area contributed by atoms with Crippen LogP contribution in [0, 0.1) is 0 Å². The second-order valence-corrected chi connectivity index (χ2v) is 6.48. The Labute approximate surface area is 121 Å². The van der Waals surface area contributed by atoms with E-state index in [0.29, 0.717) is 0 Å². The fourth-order valence-electron chi connectivity index (χ4n) is 2.15. The van der Waals surface area contributed by atoms with Crippen molar-refractivity contribution in [1.29, 1.82) is 0 Å². The molecule has 20 heavy (non-hydrogen) atoms. The molecule has 1 aromatic rings. The predicted molar refractivity (Wildman–Crippen MR) is 80.9 cm³/mol. The van der Waals surface area contributed by atoms with Crippen molar-refractivity contribution in [2.45, 2.75) is 52.3 Å². The van der Waals surface area contributed by atoms with Gasteiger partial charge in [0.25, 0.3) is 0 Å². The van der Waals surface area contributed by atoms with Crippen LogP contribution in [0.15, 0.2) is 12.4 Å². The number of hydrogen-bond acceptors (Lipinski definition) is 5. The first-order valence-corrected chi connectivity index (χ1v) is 7.36. The van der Waals surface area contributed by atoms with Gasteiger partial charge in [-0.1, -0.05) is 0 Å². The summed E-state index contributed by atoms with van der Waals surface area (Å²) >= 11 is 0. The van der Waals surface area contributed by atoms with E-state index in [1.807, 2.05) is 12.4 Å². The molecule has 1 aromatic heterocycles. The highest BCUT2D eigenvalue weighted by atomic mass is 16.5. The number of ether oxygens (including phenoxy) is 1. The molecule has 0 spiro atoms. The highest BCUT2D eigenvalue weighted by Crippen LogP contribution is 2.13. The van der Waals surface area contributed by atoms with Gasteiger partial charge in [0, 0.05) is 49.7 Å². The van der Waals surface area contributed by atoms with Gasteiger partial charge in [-0.25, -0.2) is 9.97 Å². The van der Waals surface area contributed by atoms with Crippen LogP contribution in [0.3, 0.4) is 0 Å². The van der Waals surface area contributed by atoms with Gasteiger partial charge in [-0.2, -0.15) is 0 Å². The molecular weight excluding hydrogens is 252 g/mol. The molecule has 112 valence electrons. The first kappa shape index (κ1) is 15.2. The molecule has 1 atom stereocenters. The van der Waals surface area contributed by atoms with E-state index in [9.17, 15) is 0 Å². The molecule has 0 aliphatic carbocycles. The Bertz CT molecular complexity index is 413. The van der Waals surface area contributed by atoms with Crippen molar-refractivity contribution in [3.05, 3.63) is 18.0 Å². The Morgan fingerprint density at radius 1 is 1.35 bits per heavy atom. The van der Waals surface area contributed by atoms with E-state index in [2.05, 4.69) is 47.9 Å². The molecule has 0 saturated carbocycles. The van der Waals surface area contributed by atoms with Gasteiger partial charge >= 0.3 is 0 Å². The van der Waals surface area contributed by atoms with Crippen molar-refractivity contribution in [1.82, 2.24) is 15.3 Å². The third-order valence-electron chi connectivity index (χ3n) is 3.25. The van der Waals surface area contributed by atoms with Crippen LogP contribution < -0.4 is 10.2 Å². The Hall–Kier alpha value is -1.20. The predicted octanol–water partition coefficient (Wildman–Crippen LogP) is 1.98. The average Bonchev–Trinajstić information content (AvgIpc) is 2.61. The Morgan fingerprint density at radius 3 is 2.70 bits per heavy atom. The van der Waals surface area contributed by atoms with E-state index in [-0.39, 0.29) is 11.6 Å². The van der Waals surface area contributed by atoms with Crippen molar-refractivity contribution < 1.29 is 4.74 Å². The third-order valence-corrected chi connectivity index (χ3v) is 3.25. The number of hydrogen-bond donors (Lipinski definition) is 1. The van der Waals surface area contributed by atoms with Gasteiger partial charge in [-0.05, 0) is 34.1 Å². The molecule has 1 saturated heterocycles. The van der Waals surface area contributed by atoms with Crippen LogP contribution in [-0.4, -0.2) is 41.3 Å². The van der Waals surface area contributed by atoms with Crippen LogP contribution >= 0.6 is 0 Å². The van der Waals surface area contributed by atoms with E-state index in [1.54, 1.807) is 0 Å². The van der Waals surface area contributed by atoms with Gasteiger partial charge in [0.1, 0.15) is 0 Å². The summed E-state index contributed by atoms with van der Waals surface area (Å²) in [6.45, 7) is 12.0. The zero-order chi connectivity index (χ0) is 14.6. The molecule has 2 rings (SSSR count). The Kier molecular flexibility index (Phi) is 4.94. The van der Waals surface area contributed by atoms with Crippen LogP contribution in [0.2, 0.25) is 0 Å². The van der Waals surface area contributed by atoms with Crippen LogP contribution in [0.1, 0.15) is 39.7 Å². The zero-order valence-electron chi connectivity index (χ0n) is 13.0. The first-order chi connectivity index (χ1) is 9.44. The molecule has 1 fully saturated rings. The topological polar surface area (TPSA) is 50.3 Å². The van der Waals surface area contributed by atoms with Crippen LogP contribution in [0.5, 0.6) is 0 Å². The molecule has 0 bridgehead atoms. The molecule has 2 heterocycles. The number of anilines is 1. The lowest BCUT2D eigenvalue weighted by Gasteiger charge is -2.23. The van der Waals surface area contributed by atoms with Gasteiger partial charge in [0.15, 0.2) is 0 Å². The molecule has 1 aliphatic heterocycles. The maximum Gasteiger partial charge on any atom is 0.225 e. The lowest BCUT2D eigenvalue weighted by Crippen LogP contribution is -2.35. The molecule has 5 nitrogen and oxygen atoms in total. The summed E-state index contributed by atoms with van der Waals surface area (Å²) in [6.07, 6.45) is 5.10. The zero-order valence-corrected chi connectivity index (χ0v) is 13.0. The van der Waals surface area contributed by atoms with E-state index in [4.69, 9.17) is 4.74 Å². The number of nitrogens with zero attached hydrogens (tertiary/aromatic N) is 3. The summed E-state index contributed by atoms with van der Waals surface area (Å²) in [7, 11) is 0. The molecule has 1 N–H and O–H groups in total. The van der Waals surface area contributed by atoms with E-state index in [1.165, 1.54) is 0 Å². The minimum atomic E-state index is 0.107. The van der Waals surface area contributed by atoms with Crippen molar-refractivity contribution in [3.8, 4) is 0 Å². The highest BCUT2D eigenvalue weighted by molar-refractivity contribution is 5.30. The van der Waals surface area contributed by atoms with Gasteiger partial charge < -0.3 is 15.0 Å². The quantitative estimate of drug-likeness (QED) is 0.916. The maximum atomic E-state index is 5.65. The standard InChI is InChI=1S/C15H26N4O/c1-12-11-19(6-5-7-20-12)14-16-8-13(9-17-14)10-18-15(2,3)4/h8-9,12,18H,5-7,10-11H2,1-4H3. The molecular formula is C15H26N4O. The summed E-state index contributed by atoms with van der Waals surface area (Å²) in [5.74, 6) is 0.807. The SMILES string of the molecule is CC1CN(c2ncc(CNC(C)(C)C)cn2)CCCO1. The first-order valence-electron chi connectivity index (χ1n) is 7.36. The lowest BCUT2D eigenvalue weighted by molar-refractivity contribution is 0.0820. The largest absolute Gasteiger partial charge is 0.377 e. The second kappa shape index (κ2) is 6.50. The summed E-state index contributed by atoms with van der Waals surface area (Å²) in [5, 5.41) is 3.44. The second-order valence-electron chi connectivity index (χ2n) is 6.48. The van der Waals surface area contributed by atoms with Crippen molar-refractivity contribution in [2.75, 3.05) is 24.6 Å². The van der Waals surface area contributed by atoms with Crippen LogP contribution in [0.4, 0.5) is 5.95 Å². The minimum absolute atomic E-state index is 0.107. The third kappa shape index (κ3) is 4.72. The summed E-state index contributed by atoms with van der Waals surface area (Å²) < 4.78 is 5.65. The Balaban J connectivity index is 1.96.